The van der Waals surface area contributed by atoms with E-state index in [1.54, 1.807) is 6.20 Å². The van der Waals surface area contributed by atoms with Gasteiger partial charge < -0.3 is 20.7 Å². The molecule has 9 heteroatoms. The minimum Gasteiger partial charge on any atom is -0.396 e. The normalized spacial score (nSPS) is 17.4. The summed E-state index contributed by atoms with van der Waals surface area (Å²) in [5, 5.41) is 4.71. The van der Waals surface area contributed by atoms with Crippen LogP contribution in [0.1, 0.15) is 12.0 Å². The number of rotatable bonds is 6. The number of anilines is 3. The zero-order chi connectivity index (χ0) is 24.2. The molecule has 35 heavy (non-hydrogen) atoms. The maximum absolute atomic E-state index is 11.8. The average Bonchev–Trinajstić information content (AvgIpc) is 2.90. The Bertz CT molecular complexity index is 1250. The van der Waals surface area contributed by atoms with Gasteiger partial charge in [0, 0.05) is 54.9 Å². The Balaban J connectivity index is 1.46. The highest BCUT2D eigenvalue weighted by Crippen LogP contribution is 2.36. The van der Waals surface area contributed by atoms with Crippen LogP contribution in [0, 0.1) is 0 Å². The van der Waals surface area contributed by atoms with Gasteiger partial charge in [0.1, 0.15) is 5.82 Å². The van der Waals surface area contributed by atoms with Crippen LogP contribution in [0.3, 0.4) is 0 Å². The van der Waals surface area contributed by atoms with Crippen molar-refractivity contribution in [3.05, 3.63) is 90.1 Å². The number of fused-ring (bicyclic) bond motifs is 1. The number of hydrazine groups is 1. The highest BCUT2D eigenvalue weighted by Gasteiger charge is 2.26. The second-order valence-corrected chi connectivity index (χ2v) is 8.26. The highest BCUT2D eigenvalue weighted by atomic mass is 16.5. The Morgan fingerprint density at radius 3 is 2.80 bits per heavy atom. The van der Waals surface area contributed by atoms with E-state index >= 15 is 0 Å². The molecule has 0 atom stereocenters. The summed E-state index contributed by atoms with van der Waals surface area (Å²) >= 11 is 0. The molecule has 0 saturated carbocycles. The molecule has 2 aromatic rings. The highest BCUT2D eigenvalue weighted by molar-refractivity contribution is 5.99. The van der Waals surface area contributed by atoms with Crippen LogP contribution in [0.2, 0.25) is 0 Å². The van der Waals surface area contributed by atoms with E-state index in [2.05, 4.69) is 32.2 Å². The van der Waals surface area contributed by atoms with Crippen LogP contribution in [0.25, 0.3) is 5.70 Å². The summed E-state index contributed by atoms with van der Waals surface area (Å²) in [6.07, 6.45) is 9.39. The number of carbonyl (C=O) groups excluding carboxylic acids is 1. The van der Waals surface area contributed by atoms with Gasteiger partial charge in [0.25, 0.3) is 0 Å². The molecular weight excluding hydrogens is 442 g/mol. The van der Waals surface area contributed by atoms with Crippen molar-refractivity contribution in [3.63, 3.8) is 0 Å². The number of morpholine rings is 1. The van der Waals surface area contributed by atoms with Crippen LogP contribution in [-0.4, -0.2) is 48.4 Å². The van der Waals surface area contributed by atoms with E-state index in [1.807, 2.05) is 60.0 Å². The Morgan fingerprint density at radius 2 is 2.03 bits per heavy atom. The van der Waals surface area contributed by atoms with Crippen molar-refractivity contribution >= 4 is 35.0 Å². The van der Waals surface area contributed by atoms with Gasteiger partial charge in [0.15, 0.2) is 0 Å². The molecule has 4 heterocycles. The summed E-state index contributed by atoms with van der Waals surface area (Å²) in [5.41, 5.74) is 15.7. The first-order chi connectivity index (χ1) is 17.1. The first-order valence-corrected chi connectivity index (χ1v) is 11.4. The van der Waals surface area contributed by atoms with Crippen molar-refractivity contribution in [2.24, 2.45) is 10.7 Å². The minimum atomic E-state index is -0.277. The summed E-state index contributed by atoms with van der Waals surface area (Å²) in [7, 11) is 0. The third kappa shape index (κ3) is 4.80. The van der Waals surface area contributed by atoms with Crippen molar-refractivity contribution in [2.75, 3.05) is 41.9 Å². The number of hydrogen-bond donors (Lipinski definition) is 3. The largest absolute Gasteiger partial charge is 0.396 e. The summed E-state index contributed by atoms with van der Waals surface area (Å²) in [4.78, 5) is 23.0. The SMILES string of the molecule is C=CC(=O)Nc1cccc(C2=C(N)C3=CN=CCC3=CN2Nc2ccc(N3CCOCC3)nc2)c1. The Labute approximate surface area is 204 Å². The number of ether oxygens (including phenoxy) is 1. The molecule has 0 aliphatic carbocycles. The average molecular weight is 470 g/mol. The molecule has 1 fully saturated rings. The van der Waals surface area contributed by atoms with Crippen molar-refractivity contribution in [1.29, 1.82) is 0 Å². The van der Waals surface area contributed by atoms with E-state index in [0.29, 0.717) is 31.0 Å². The van der Waals surface area contributed by atoms with Gasteiger partial charge in [0.2, 0.25) is 5.91 Å². The second kappa shape index (κ2) is 9.86. The molecule has 0 spiro atoms. The summed E-state index contributed by atoms with van der Waals surface area (Å²) in [6, 6.07) is 11.5. The van der Waals surface area contributed by atoms with Crippen LogP contribution < -0.4 is 21.4 Å². The van der Waals surface area contributed by atoms with Gasteiger partial charge in [-0.15, -0.1) is 0 Å². The van der Waals surface area contributed by atoms with E-state index < -0.39 is 0 Å². The zero-order valence-electron chi connectivity index (χ0n) is 19.3. The van der Waals surface area contributed by atoms with Crippen LogP contribution in [0.15, 0.2) is 89.5 Å². The number of aliphatic imine (C=N–C) groups is 1. The number of nitrogens with zero attached hydrogens (tertiary/aromatic N) is 4. The molecule has 3 aliphatic heterocycles. The molecule has 5 rings (SSSR count). The van der Waals surface area contributed by atoms with Crippen LogP contribution in [0.4, 0.5) is 17.2 Å². The monoisotopic (exact) mass is 469 g/mol. The maximum Gasteiger partial charge on any atom is 0.247 e. The third-order valence-electron chi connectivity index (χ3n) is 5.96. The molecule has 0 unspecified atom stereocenters. The minimum absolute atomic E-state index is 0.277. The number of pyridine rings is 1. The Hall–Kier alpha value is -4.37. The maximum atomic E-state index is 11.8. The lowest BCUT2D eigenvalue weighted by molar-refractivity contribution is -0.111. The summed E-state index contributed by atoms with van der Waals surface area (Å²) < 4.78 is 5.43. The molecule has 3 aliphatic rings. The van der Waals surface area contributed by atoms with Gasteiger partial charge in [-0.1, -0.05) is 18.7 Å². The first-order valence-electron chi connectivity index (χ1n) is 11.4. The van der Waals surface area contributed by atoms with Gasteiger partial charge in [-0.25, -0.2) is 4.98 Å². The number of nitrogens with one attached hydrogen (secondary N) is 2. The lowest BCUT2D eigenvalue weighted by Crippen LogP contribution is -2.36. The van der Waals surface area contributed by atoms with Gasteiger partial charge in [-0.3, -0.25) is 20.2 Å². The standard InChI is InChI=1S/C26H27N7O2/c1-2-24(34)30-20-5-3-4-18(14-20)26-25(27)22-16-28-9-8-19(22)17-33(26)31-21-6-7-23(29-15-21)32-10-12-35-13-11-32/h2-7,9,14-17,31H,1,8,10-13,27H2,(H,30,34). The fourth-order valence-electron chi connectivity index (χ4n) is 4.20. The van der Waals surface area contributed by atoms with E-state index in [-0.39, 0.29) is 5.91 Å². The predicted molar refractivity (Wildman–Crippen MR) is 138 cm³/mol. The van der Waals surface area contributed by atoms with Crippen LogP contribution >= 0.6 is 0 Å². The van der Waals surface area contributed by atoms with E-state index in [4.69, 9.17) is 10.5 Å². The van der Waals surface area contributed by atoms with Crippen molar-refractivity contribution < 1.29 is 9.53 Å². The molecule has 1 saturated heterocycles. The van der Waals surface area contributed by atoms with Crippen LogP contribution in [0.5, 0.6) is 0 Å². The molecule has 1 aromatic heterocycles. The number of nitrogens with two attached hydrogens (primary N) is 1. The van der Waals surface area contributed by atoms with E-state index in [1.165, 1.54) is 6.08 Å². The lowest BCUT2D eigenvalue weighted by atomic mass is 9.94. The number of carbonyl (C=O) groups is 1. The number of amides is 1. The first kappa shape index (κ1) is 22.4. The quantitative estimate of drug-likeness (QED) is 0.558. The fraction of sp³-hybridized carbons (Fsp3) is 0.192. The summed E-state index contributed by atoms with van der Waals surface area (Å²) in [5.74, 6) is 0.645. The molecule has 0 radical (unpaired) electrons. The summed E-state index contributed by atoms with van der Waals surface area (Å²) in [6.45, 7) is 6.60. The number of hydrogen-bond acceptors (Lipinski definition) is 8. The Morgan fingerprint density at radius 1 is 1.17 bits per heavy atom. The number of benzene rings is 1. The topological polar surface area (TPSA) is 108 Å². The van der Waals surface area contributed by atoms with E-state index in [9.17, 15) is 4.79 Å². The molecule has 0 bridgehead atoms. The smallest absolute Gasteiger partial charge is 0.247 e. The fourth-order valence-corrected chi connectivity index (χ4v) is 4.20. The molecule has 4 N–H and O–H groups in total. The second-order valence-electron chi connectivity index (χ2n) is 8.26. The van der Waals surface area contributed by atoms with Crippen molar-refractivity contribution in [2.45, 2.75) is 6.42 Å². The molecule has 1 aromatic carbocycles. The zero-order valence-corrected chi connectivity index (χ0v) is 19.3. The van der Waals surface area contributed by atoms with Crippen LogP contribution in [-0.2, 0) is 9.53 Å². The number of allylic oxidation sites excluding steroid dienone is 1. The van der Waals surface area contributed by atoms with Crippen molar-refractivity contribution in [3.8, 4) is 0 Å². The molecule has 178 valence electrons. The number of aromatic nitrogens is 1. The van der Waals surface area contributed by atoms with Gasteiger partial charge in [-0.05, 0) is 35.9 Å². The molecular formula is C26H27N7O2. The predicted octanol–water partition coefficient (Wildman–Crippen LogP) is 3.26. The lowest BCUT2D eigenvalue weighted by Gasteiger charge is -2.33. The van der Waals surface area contributed by atoms with Crippen molar-refractivity contribution in [1.82, 2.24) is 9.99 Å². The van der Waals surface area contributed by atoms with Gasteiger partial charge in [0.05, 0.1) is 36.5 Å². The van der Waals surface area contributed by atoms with Gasteiger partial charge >= 0.3 is 0 Å². The molecule has 1 amide bonds. The van der Waals surface area contributed by atoms with E-state index in [0.717, 1.165) is 47.0 Å². The Kier molecular flexibility index (Phi) is 6.32. The third-order valence-corrected chi connectivity index (χ3v) is 5.96. The molecule has 9 nitrogen and oxygen atoms in total. The van der Waals surface area contributed by atoms with Gasteiger partial charge in [-0.2, -0.15) is 0 Å².